The summed E-state index contributed by atoms with van der Waals surface area (Å²) in [5.74, 6) is -0.272. The SMILES string of the molecule is CCCC(CCC)C(=O)Nc1ccc(Oc2c(Cl)cc(CC(=O)O)cc2Cl)cc1Br. The zero-order valence-electron chi connectivity index (χ0n) is 16.8. The molecule has 30 heavy (non-hydrogen) atoms. The Balaban J connectivity index is 2.16. The van der Waals surface area contributed by atoms with Crippen LogP contribution in [0.4, 0.5) is 5.69 Å². The number of benzene rings is 2. The van der Waals surface area contributed by atoms with Crippen LogP contribution >= 0.6 is 39.1 Å². The van der Waals surface area contributed by atoms with E-state index in [9.17, 15) is 9.59 Å². The van der Waals surface area contributed by atoms with Crippen molar-refractivity contribution in [3.05, 3.63) is 50.4 Å². The van der Waals surface area contributed by atoms with Crippen LogP contribution in [0, 0.1) is 5.92 Å². The third-order valence-corrected chi connectivity index (χ3v) is 5.69. The van der Waals surface area contributed by atoms with Crippen molar-refractivity contribution in [3.63, 3.8) is 0 Å². The van der Waals surface area contributed by atoms with Gasteiger partial charge in [0.05, 0.1) is 22.2 Å². The first-order valence-electron chi connectivity index (χ1n) is 9.73. The van der Waals surface area contributed by atoms with Gasteiger partial charge in [0.1, 0.15) is 5.75 Å². The number of anilines is 1. The molecule has 0 atom stereocenters. The van der Waals surface area contributed by atoms with Crippen molar-refractivity contribution in [3.8, 4) is 11.5 Å². The van der Waals surface area contributed by atoms with E-state index in [-0.39, 0.29) is 34.0 Å². The van der Waals surface area contributed by atoms with Gasteiger partial charge in [-0.2, -0.15) is 0 Å². The number of amides is 1. The van der Waals surface area contributed by atoms with E-state index < -0.39 is 5.97 Å². The van der Waals surface area contributed by atoms with E-state index in [1.54, 1.807) is 18.2 Å². The summed E-state index contributed by atoms with van der Waals surface area (Å²) in [6, 6.07) is 8.19. The van der Waals surface area contributed by atoms with Crippen molar-refractivity contribution in [1.29, 1.82) is 0 Å². The number of carbonyl (C=O) groups is 2. The van der Waals surface area contributed by atoms with Gasteiger partial charge in [0.25, 0.3) is 0 Å². The van der Waals surface area contributed by atoms with E-state index >= 15 is 0 Å². The van der Waals surface area contributed by atoms with Gasteiger partial charge in [0, 0.05) is 10.4 Å². The normalized spacial score (nSPS) is 10.9. The van der Waals surface area contributed by atoms with Crippen LogP contribution < -0.4 is 10.1 Å². The summed E-state index contributed by atoms with van der Waals surface area (Å²) in [4.78, 5) is 23.5. The molecule has 0 aliphatic heterocycles. The molecular formula is C22H24BrCl2NO4. The van der Waals surface area contributed by atoms with Crippen molar-refractivity contribution in [1.82, 2.24) is 0 Å². The van der Waals surface area contributed by atoms with Gasteiger partial charge in [0.15, 0.2) is 5.75 Å². The number of carboxylic acid groups (broad SMARTS) is 1. The molecule has 0 aliphatic carbocycles. The first kappa shape index (κ1) is 24.5. The molecule has 0 radical (unpaired) electrons. The fourth-order valence-corrected chi connectivity index (χ4v) is 4.17. The quantitative estimate of drug-likeness (QED) is 0.346. The van der Waals surface area contributed by atoms with Crippen LogP contribution in [-0.2, 0) is 16.0 Å². The predicted molar refractivity (Wildman–Crippen MR) is 124 cm³/mol. The van der Waals surface area contributed by atoms with Crippen molar-refractivity contribution >= 4 is 56.7 Å². The molecule has 162 valence electrons. The Bertz CT molecular complexity index is 891. The zero-order chi connectivity index (χ0) is 22.3. The van der Waals surface area contributed by atoms with E-state index in [2.05, 4.69) is 35.1 Å². The van der Waals surface area contributed by atoms with Crippen LogP contribution in [0.5, 0.6) is 11.5 Å². The van der Waals surface area contributed by atoms with Crippen LogP contribution in [0.25, 0.3) is 0 Å². The third-order valence-electron chi connectivity index (χ3n) is 4.48. The number of hydrogen-bond donors (Lipinski definition) is 2. The number of carboxylic acids is 1. The highest BCUT2D eigenvalue weighted by molar-refractivity contribution is 9.10. The molecule has 0 unspecified atom stereocenters. The summed E-state index contributed by atoms with van der Waals surface area (Å²) in [5.41, 5.74) is 1.14. The second-order valence-electron chi connectivity index (χ2n) is 6.97. The fraction of sp³-hybridized carbons (Fsp3) is 0.364. The monoisotopic (exact) mass is 515 g/mol. The lowest BCUT2D eigenvalue weighted by Gasteiger charge is -2.17. The van der Waals surface area contributed by atoms with Gasteiger partial charge in [-0.1, -0.05) is 49.9 Å². The first-order chi connectivity index (χ1) is 14.2. The van der Waals surface area contributed by atoms with Gasteiger partial charge < -0.3 is 15.2 Å². The summed E-state index contributed by atoms with van der Waals surface area (Å²) in [5, 5.41) is 12.3. The number of rotatable bonds is 10. The molecular weight excluding hydrogens is 493 g/mol. The van der Waals surface area contributed by atoms with Crippen LogP contribution in [-0.4, -0.2) is 17.0 Å². The first-order valence-corrected chi connectivity index (χ1v) is 11.3. The van der Waals surface area contributed by atoms with Crippen LogP contribution in [0.3, 0.4) is 0 Å². The molecule has 8 heteroatoms. The molecule has 0 heterocycles. The van der Waals surface area contributed by atoms with E-state index in [0.717, 1.165) is 25.7 Å². The molecule has 0 aromatic heterocycles. The highest BCUT2D eigenvalue weighted by Crippen LogP contribution is 2.39. The molecule has 2 rings (SSSR count). The summed E-state index contributed by atoms with van der Waals surface area (Å²) < 4.78 is 6.47. The van der Waals surface area contributed by atoms with Crippen molar-refractivity contribution in [2.45, 2.75) is 46.0 Å². The van der Waals surface area contributed by atoms with Gasteiger partial charge in [-0.3, -0.25) is 9.59 Å². The number of ether oxygens (including phenoxy) is 1. The maximum atomic E-state index is 12.6. The molecule has 0 saturated carbocycles. The van der Waals surface area contributed by atoms with Crippen molar-refractivity contribution in [2.24, 2.45) is 5.92 Å². The predicted octanol–water partition coefficient (Wildman–Crippen LogP) is 7.33. The molecule has 1 amide bonds. The number of carbonyl (C=O) groups excluding carboxylic acids is 1. The zero-order valence-corrected chi connectivity index (χ0v) is 19.9. The van der Waals surface area contributed by atoms with E-state index in [1.165, 1.54) is 12.1 Å². The summed E-state index contributed by atoms with van der Waals surface area (Å²) in [7, 11) is 0. The lowest BCUT2D eigenvalue weighted by atomic mass is 9.97. The van der Waals surface area contributed by atoms with Gasteiger partial charge in [-0.15, -0.1) is 0 Å². The Hall–Kier alpha value is -1.76. The number of nitrogens with one attached hydrogen (secondary N) is 1. The highest BCUT2D eigenvalue weighted by Gasteiger charge is 2.18. The third kappa shape index (κ3) is 6.89. The highest BCUT2D eigenvalue weighted by atomic mass is 79.9. The van der Waals surface area contributed by atoms with E-state index in [0.29, 0.717) is 21.5 Å². The maximum Gasteiger partial charge on any atom is 0.307 e. The lowest BCUT2D eigenvalue weighted by molar-refractivity contribution is -0.136. The van der Waals surface area contributed by atoms with Crippen molar-refractivity contribution < 1.29 is 19.4 Å². The molecule has 0 spiro atoms. The van der Waals surface area contributed by atoms with Gasteiger partial charge in [0.2, 0.25) is 5.91 Å². The Morgan fingerprint density at radius 1 is 1.10 bits per heavy atom. The Kier molecular flexibility index (Phi) is 9.46. The maximum absolute atomic E-state index is 12.6. The van der Waals surface area contributed by atoms with Crippen molar-refractivity contribution in [2.75, 3.05) is 5.32 Å². The van der Waals surface area contributed by atoms with E-state index in [1.807, 2.05) is 0 Å². The standard InChI is InChI=1S/C22H24BrCl2NO4/c1-3-5-14(6-4-2)22(29)26-19-8-7-15(12-16(19)23)30-21-17(24)9-13(10-18(21)25)11-20(27)28/h7-10,12,14H,3-6,11H2,1-2H3,(H,26,29)(H,27,28). The summed E-state index contributed by atoms with van der Waals surface area (Å²) >= 11 is 15.9. The second kappa shape index (κ2) is 11.6. The second-order valence-corrected chi connectivity index (χ2v) is 8.64. The minimum atomic E-state index is -0.975. The topological polar surface area (TPSA) is 75.6 Å². The average molecular weight is 517 g/mol. The molecule has 0 aliphatic rings. The average Bonchev–Trinajstić information content (AvgIpc) is 2.66. The fourth-order valence-electron chi connectivity index (χ4n) is 3.10. The van der Waals surface area contributed by atoms with E-state index in [4.69, 9.17) is 33.0 Å². The van der Waals surface area contributed by atoms with Crippen LogP contribution in [0.2, 0.25) is 10.0 Å². The lowest BCUT2D eigenvalue weighted by Crippen LogP contribution is -2.22. The van der Waals surface area contributed by atoms with Crippen LogP contribution in [0.15, 0.2) is 34.8 Å². The number of halogens is 3. The minimum absolute atomic E-state index is 0.00757. The van der Waals surface area contributed by atoms with Gasteiger partial charge in [-0.25, -0.2) is 0 Å². The molecule has 5 nitrogen and oxygen atoms in total. The Morgan fingerprint density at radius 2 is 1.70 bits per heavy atom. The molecule has 2 aromatic rings. The molecule has 0 bridgehead atoms. The molecule has 2 aromatic carbocycles. The van der Waals surface area contributed by atoms with Gasteiger partial charge in [-0.05, 0) is 64.7 Å². The molecule has 0 saturated heterocycles. The Morgan fingerprint density at radius 3 is 2.20 bits per heavy atom. The minimum Gasteiger partial charge on any atom is -0.481 e. The smallest absolute Gasteiger partial charge is 0.307 e. The summed E-state index contributed by atoms with van der Waals surface area (Å²) in [6.07, 6.45) is 3.44. The largest absolute Gasteiger partial charge is 0.481 e. The number of aliphatic carboxylic acids is 1. The van der Waals surface area contributed by atoms with Gasteiger partial charge >= 0.3 is 5.97 Å². The number of hydrogen-bond acceptors (Lipinski definition) is 3. The van der Waals surface area contributed by atoms with Crippen LogP contribution in [0.1, 0.15) is 45.1 Å². The molecule has 2 N–H and O–H groups in total. The Labute approximate surface area is 194 Å². The summed E-state index contributed by atoms with van der Waals surface area (Å²) in [6.45, 7) is 4.14. The molecule has 0 fully saturated rings.